The van der Waals surface area contributed by atoms with E-state index in [2.05, 4.69) is 63.2 Å². The Labute approximate surface area is 112 Å². The van der Waals surface area contributed by atoms with E-state index in [1.54, 1.807) is 11.3 Å². The summed E-state index contributed by atoms with van der Waals surface area (Å²) in [5, 5.41) is 3.39. The van der Waals surface area contributed by atoms with Crippen molar-refractivity contribution in [2.45, 2.75) is 20.3 Å². The summed E-state index contributed by atoms with van der Waals surface area (Å²) in [5.74, 6) is 0. The molecule has 1 N–H and O–H groups in total. The first kappa shape index (κ1) is 13.4. The molecule has 0 bridgehead atoms. The van der Waals surface area contributed by atoms with Crippen LogP contribution in [0.1, 0.15) is 25.1 Å². The Morgan fingerprint density at radius 2 is 2.27 bits per heavy atom. The maximum atomic E-state index is 3.50. The van der Waals surface area contributed by atoms with Crippen LogP contribution in [0.3, 0.4) is 0 Å². The smallest absolute Gasteiger partial charge is 0.0846 e. The molecule has 1 aromatic heterocycles. The Bertz CT molecular complexity index is 325. The Morgan fingerprint density at radius 1 is 1.53 bits per heavy atom. The SMILES string of the molecule is CCCNCC(C)=Cc1cc(Br)c(Br)s1. The van der Waals surface area contributed by atoms with E-state index in [4.69, 9.17) is 0 Å². The van der Waals surface area contributed by atoms with E-state index in [9.17, 15) is 0 Å². The molecule has 0 aliphatic heterocycles. The largest absolute Gasteiger partial charge is 0.313 e. The monoisotopic (exact) mass is 351 g/mol. The summed E-state index contributed by atoms with van der Waals surface area (Å²) in [5.41, 5.74) is 1.37. The van der Waals surface area contributed by atoms with E-state index >= 15 is 0 Å². The van der Waals surface area contributed by atoms with Gasteiger partial charge < -0.3 is 5.32 Å². The summed E-state index contributed by atoms with van der Waals surface area (Å²) in [6.45, 7) is 6.40. The van der Waals surface area contributed by atoms with Gasteiger partial charge in [-0.25, -0.2) is 0 Å². The van der Waals surface area contributed by atoms with E-state index < -0.39 is 0 Å². The molecule has 15 heavy (non-hydrogen) atoms. The molecule has 1 rings (SSSR count). The minimum absolute atomic E-state index is 0.973. The van der Waals surface area contributed by atoms with Gasteiger partial charge in [-0.05, 0) is 63.9 Å². The summed E-state index contributed by atoms with van der Waals surface area (Å²) in [6, 6.07) is 2.14. The second-order valence-corrected chi connectivity index (χ2v) is 6.69. The number of nitrogens with one attached hydrogen (secondary N) is 1. The van der Waals surface area contributed by atoms with Gasteiger partial charge in [0, 0.05) is 15.9 Å². The predicted octanol–water partition coefficient (Wildman–Crippen LogP) is 4.68. The third-order valence-corrected chi connectivity index (χ3v) is 5.09. The molecule has 1 aromatic rings. The zero-order valence-corrected chi connectivity index (χ0v) is 12.9. The van der Waals surface area contributed by atoms with E-state index in [0.29, 0.717) is 0 Å². The lowest BCUT2D eigenvalue weighted by atomic mass is 10.2. The second-order valence-electron chi connectivity index (χ2n) is 3.44. The van der Waals surface area contributed by atoms with Crippen LogP contribution in [-0.4, -0.2) is 13.1 Å². The standard InChI is InChI=1S/C11H15Br2NS/c1-3-4-14-7-8(2)5-9-6-10(12)11(13)15-9/h5-6,14H,3-4,7H2,1-2H3. The number of thiophene rings is 1. The third kappa shape index (κ3) is 4.81. The molecule has 1 heterocycles. The Hall–Kier alpha value is 0.360. The van der Waals surface area contributed by atoms with Crippen LogP contribution < -0.4 is 5.32 Å². The molecule has 0 saturated heterocycles. The molecular weight excluding hydrogens is 338 g/mol. The van der Waals surface area contributed by atoms with Crippen molar-refractivity contribution >= 4 is 49.3 Å². The predicted molar refractivity (Wildman–Crippen MR) is 76.5 cm³/mol. The first-order valence-electron chi connectivity index (χ1n) is 4.96. The molecule has 84 valence electrons. The molecule has 0 atom stereocenters. The van der Waals surface area contributed by atoms with E-state index in [1.807, 2.05) is 0 Å². The number of halogens is 2. The Balaban J connectivity index is 2.54. The van der Waals surface area contributed by atoms with Crippen LogP contribution in [0, 0.1) is 0 Å². The summed E-state index contributed by atoms with van der Waals surface area (Å²) in [6.07, 6.45) is 3.41. The van der Waals surface area contributed by atoms with Crippen LogP contribution in [0.2, 0.25) is 0 Å². The highest BCUT2D eigenvalue weighted by Gasteiger charge is 2.01. The van der Waals surface area contributed by atoms with Crippen LogP contribution >= 0.6 is 43.2 Å². The number of hydrogen-bond acceptors (Lipinski definition) is 2. The van der Waals surface area contributed by atoms with Gasteiger partial charge in [0.1, 0.15) is 0 Å². The number of rotatable bonds is 5. The molecule has 0 fully saturated rings. The zero-order valence-electron chi connectivity index (χ0n) is 8.94. The Kier molecular flexibility index (Phi) is 6.12. The first-order valence-corrected chi connectivity index (χ1v) is 7.36. The van der Waals surface area contributed by atoms with Crippen LogP contribution in [-0.2, 0) is 0 Å². The fourth-order valence-electron chi connectivity index (χ4n) is 1.19. The average Bonchev–Trinajstić information content (AvgIpc) is 2.46. The normalized spacial score (nSPS) is 12.1. The highest BCUT2D eigenvalue weighted by molar-refractivity contribution is 9.13. The lowest BCUT2D eigenvalue weighted by Crippen LogP contribution is -2.16. The van der Waals surface area contributed by atoms with Crippen molar-refractivity contribution in [1.82, 2.24) is 5.32 Å². The van der Waals surface area contributed by atoms with Crippen molar-refractivity contribution in [2.24, 2.45) is 0 Å². The maximum absolute atomic E-state index is 3.50. The molecule has 4 heteroatoms. The Morgan fingerprint density at radius 3 is 2.80 bits per heavy atom. The van der Waals surface area contributed by atoms with Crippen LogP contribution in [0.25, 0.3) is 6.08 Å². The average molecular weight is 353 g/mol. The highest BCUT2D eigenvalue weighted by Crippen LogP contribution is 2.33. The lowest BCUT2D eigenvalue weighted by Gasteiger charge is -2.01. The topological polar surface area (TPSA) is 12.0 Å². The molecular formula is C11H15Br2NS. The minimum Gasteiger partial charge on any atom is -0.313 e. The van der Waals surface area contributed by atoms with Gasteiger partial charge in [0.25, 0.3) is 0 Å². The van der Waals surface area contributed by atoms with Gasteiger partial charge in [-0.15, -0.1) is 11.3 Å². The molecule has 0 saturated carbocycles. The maximum Gasteiger partial charge on any atom is 0.0846 e. The first-order chi connectivity index (χ1) is 7.13. The molecule has 0 unspecified atom stereocenters. The fourth-order valence-corrected chi connectivity index (χ4v) is 3.31. The minimum atomic E-state index is 0.973. The quantitative estimate of drug-likeness (QED) is 0.759. The van der Waals surface area contributed by atoms with Crippen molar-refractivity contribution in [2.75, 3.05) is 13.1 Å². The molecule has 0 spiro atoms. The van der Waals surface area contributed by atoms with Crippen molar-refractivity contribution in [1.29, 1.82) is 0 Å². The fraction of sp³-hybridized carbons (Fsp3) is 0.455. The van der Waals surface area contributed by atoms with E-state index in [-0.39, 0.29) is 0 Å². The van der Waals surface area contributed by atoms with Crippen LogP contribution in [0.15, 0.2) is 19.9 Å². The van der Waals surface area contributed by atoms with Crippen molar-refractivity contribution in [3.63, 3.8) is 0 Å². The van der Waals surface area contributed by atoms with Crippen molar-refractivity contribution in [3.8, 4) is 0 Å². The van der Waals surface area contributed by atoms with Gasteiger partial charge in [-0.1, -0.05) is 12.5 Å². The van der Waals surface area contributed by atoms with Gasteiger partial charge in [0.15, 0.2) is 0 Å². The van der Waals surface area contributed by atoms with Gasteiger partial charge >= 0.3 is 0 Å². The van der Waals surface area contributed by atoms with Crippen molar-refractivity contribution in [3.05, 3.63) is 24.8 Å². The van der Waals surface area contributed by atoms with Crippen molar-refractivity contribution < 1.29 is 0 Å². The summed E-state index contributed by atoms with van der Waals surface area (Å²) in [7, 11) is 0. The molecule has 0 amide bonds. The molecule has 0 aromatic carbocycles. The summed E-state index contributed by atoms with van der Waals surface area (Å²) in [4.78, 5) is 1.28. The lowest BCUT2D eigenvalue weighted by molar-refractivity contribution is 0.715. The summed E-state index contributed by atoms with van der Waals surface area (Å²) >= 11 is 8.73. The highest BCUT2D eigenvalue weighted by atomic mass is 79.9. The molecule has 1 nitrogen and oxygen atoms in total. The van der Waals surface area contributed by atoms with E-state index in [1.165, 1.54) is 16.9 Å². The van der Waals surface area contributed by atoms with Gasteiger partial charge in [0.2, 0.25) is 0 Å². The van der Waals surface area contributed by atoms with Crippen LogP contribution in [0.4, 0.5) is 0 Å². The zero-order chi connectivity index (χ0) is 11.3. The van der Waals surface area contributed by atoms with Gasteiger partial charge in [-0.3, -0.25) is 0 Å². The molecule has 0 aliphatic rings. The second kappa shape index (κ2) is 6.84. The summed E-state index contributed by atoms with van der Waals surface area (Å²) < 4.78 is 2.29. The third-order valence-electron chi connectivity index (χ3n) is 1.88. The van der Waals surface area contributed by atoms with Gasteiger partial charge in [0.05, 0.1) is 3.79 Å². The molecule has 0 aliphatic carbocycles. The van der Waals surface area contributed by atoms with Gasteiger partial charge in [-0.2, -0.15) is 0 Å². The molecule has 0 radical (unpaired) electrons. The van der Waals surface area contributed by atoms with Crippen LogP contribution in [0.5, 0.6) is 0 Å². The van der Waals surface area contributed by atoms with E-state index in [0.717, 1.165) is 21.3 Å². The number of hydrogen-bond donors (Lipinski definition) is 1.